The molecule has 3 aliphatic rings. The fourth-order valence-corrected chi connectivity index (χ4v) is 5.94. The maximum Gasteiger partial charge on any atom is 0.338 e. The minimum Gasteiger partial charge on any atom is -0.466 e. The monoisotopic (exact) mass is 594 g/mol. The largest absolute Gasteiger partial charge is 0.466 e. The number of nitriles is 1. The number of carbonyl (C=O) groups excluding carboxylic acids is 3. The number of anilines is 1. The molecule has 2 N–H and O–H groups in total. The standard InChI is InChI=1S/C30H32F2N6O5/c1-42-17-24-26(28(39)43-2)27(18-7-8-22(31)23(32)13-18)38(30(41)35-24)29(40)34-20-15-37(16-20)21-9-11-36(12-10-21)25-6-4-3-5-19(25)14-33/h3-8,13,20-21,27H,9-12,15-17H2,1-2H3,(H,34,40)(H,35,41)/t27-/m0/s1. The quantitative estimate of drug-likeness (QED) is 0.469. The number of methoxy groups -OCH3 is 2. The Hall–Kier alpha value is -4.54. The molecule has 4 amide bonds. The molecule has 226 valence electrons. The maximum atomic E-state index is 14.3. The van der Waals surface area contributed by atoms with Gasteiger partial charge in [0.2, 0.25) is 0 Å². The van der Waals surface area contributed by atoms with Crippen LogP contribution in [0.25, 0.3) is 0 Å². The van der Waals surface area contributed by atoms with Crippen molar-refractivity contribution in [1.29, 1.82) is 5.26 Å². The number of hydrogen-bond donors (Lipinski definition) is 2. The summed E-state index contributed by atoms with van der Waals surface area (Å²) in [6, 6.07) is 9.71. The van der Waals surface area contributed by atoms with Gasteiger partial charge in [0, 0.05) is 39.3 Å². The van der Waals surface area contributed by atoms with Gasteiger partial charge in [-0.15, -0.1) is 0 Å². The van der Waals surface area contributed by atoms with Crippen molar-refractivity contribution in [3.63, 3.8) is 0 Å². The van der Waals surface area contributed by atoms with Crippen molar-refractivity contribution < 1.29 is 32.6 Å². The summed E-state index contributed by atoms with van der Waals surface area (Å²) in [6.07, 6.45) is 1.78. The van der Waals surface area contributed by atoms with E-state index in [1.165, 1.54) is 13.2 Å². The Balaban J connectivity index is 1.27. The Labute approximate surface area is 247 Å². The number of piperidine rings is 1. The maximum absolute atomic E-state index is 14.3. The van der Waals surface area contributed by atoms with Crippen LogP contribution in [-0.4, -0.2) is 86.9 Å². The van der Waals surface area contributed by atoms with E-state index in [9.17, 15) is 28.4 Å². The van der Waals surface area contributed by atoms with Crippen molar-refractivity contribution in [3.05, 3.63) is 76.5 Å². The van der Waals surface area contributed by atoms with Crippen LogP contribution in [0.1, 0.15) is 30.0 Å². The molecule has 5 rings (SSSR count). The number of para-hydroxylation sites is 1. The molecule has 11 nitrogen and oxygen atoms in total. The topological polar surface area (TPSA) is 127 Å². The fourth-order valence-electron chi connectivity index (χ4n) is 5.94. The molecule has 2 fully saturated rings. The summed E-state index contributed by atoms with van der Waals surface area (Å²) in [5.41, 5.74) is 1.51. The summed E-state index contributed by atoms with van der Waals surface area (Å²) < 4.78 is 38.1. The highest BCUT2D eigenvalue weighted by molar-refractivity contribution is 6.01. The zero-order valence-corrected chi connectivity index (χ0v) is 23.8. The van der Waals surface area contributed by atoms with Gasteiger partial charge in [-0.2, -0.15) is 5.26 Å². The summed E-state index contributed by atoms with van der Waals surface area (Å²) in [5, 5.41) is 14.8. The summed E-state index contributed by atoms with van der Waals surface area (Å²) in [6.45, 7) is 2.53. The number of halogens is 2. The van der Waals surface area contributed by atoms with Crippen molar-refractivity contribution >= 4 is 23.7 Å². The minimum atomic E-state index is -1.39. The number of rotatable bonds is 7. The van der Waals surface area contributed by atoms with E-state index in [1.54, 1.807) is 0 Å². The third-order valence-corrected chi connectivity index (χ3v) is 8.09. The first-order valence-corrected chi connectivity index (χ1v) is 13.9. The van der Waals surface area contributed by atoms with E-state index in [0.29, 0.717) is 24.7 Å². The third-order valence-electron chi connectivity index (χ3n) is 8.09. The summed E-state index contributed by atoms with van der Waals surface area (Å²) in [5.74, 6) is -3.17. The van der Waals surface area contributed by atoms with Crippen LogP contribution < -0.4 is 15.5 Å². The lowest BCUT2D eigenvalue weighted by atomic mass is 9.93. The van der Waals surface area contributed by atoms with E-state index >= 15 is 0 Å². The first kappa shape index (κ1) is 29.9. The molecule has 13 heteroatoms. The summed E-state index contributed by atoms with van der Waals surface area (Å²) in [7, 11) is 2.50. The van der Waals surface area contributed by atoms with Crippen LogP contribution in [0.2, 0.25) is 0 Å². The Kier molecular flexibility index (Phi) is 8.89. The Bertz CT molecular complexity index is 1480. The minimum absolute atomic E-state index is 0.0119. The highest BCUT2D eigenvalue weighted by atomic mass is 19.2. The van der Waals surface area contributed by atoms with Crippen LogP contribution in [0.15, 0.2) is 53.7 Å². The van der Waals surface area contributed by atoms with Gasteiger partial charge in [0.15, 0.2) is 11.6 Å². The van der Waals surface area contributed by atoms with Gasteiger partial charge in [0.05, 0.1) is 42.3 Å². The molecule has 2 aromatic rings. The van der Waals surface area contributed by atoms with Crippen LogP contribution in [0.4, 0.5) is 24.1 Å². The molecular formula is C30H32F2N6O5. The van der Waals surface area contributed by atoms with E-state index in [0.717, 1.165) is 55.8 Å². The van der Waals surface area contributed by atoms with Crippen molar-refractivity contribution in [1.82, 2.24) is 20.4 Å². The number of ether oxygens (including phenoxy) is 2. The van der Waals surface area contributed by atoms with Gasteiger partial charge >= 0.3 is 18.0 Å². The number of urea groups is 2. The Morgan fingerprint density at radius 2 is 1.81 bits per heavy atom. The van der Waals surface area contributed by atoms with Crippen LogP contribution in [-0.2, 0) is 14.3 Å². The molecule has 0 radical (unpaired) electrons. The third kappa shape index (κ3) is 6.02. The highest BCUT2D eigenvalue weighted by Crippen LogP contribution is 2.36. The lowest BCUT2D eigenvalue weighted by Crippen LogP contribution is -2.66. The molecule has 2 saturated heterocycles. The molecule has 3 aliphatic heterocycles. The Morgan fingerprint density at radius 1 is 1.09 bits per heavy atom. The first-order chi connectivity index (χ1) is 20.7. The number of likely N-dealkylation sites (tertiary alicyclic amines) is 1. The second-order valence-electron chi connectivity index (χ2n) is 10.6. The van der Waals surface area contributed by atoms with E-state index in [1.807, 2.05) is 24.3 Å². The number of imide groups is 1. The van der Waals surface area contributed by atoms with Gasteiger partial charge < -0.3 is 25.0 Å². The molecule has 0 saturated carbocycles. The van der Waals surface area contributed by atoms with Gasteiger partial charge in [-0.1, -0.05) is 18.2 Å². The van der Waals surface area contributed by atoms with Gasteiger partial charge in [-0.05, 0) is 42.7 Å². The van der Waals surface area contributed by atoms with E-state index in [-0.39, 0.29) is 29.5 Å². The number of nitrogens with one attached hydrogen (secondary N) is 2. The lowest BCUT2D eigenvalue weighted by molar-refractivity contribution is -0.137. The molecule has 0 unspecified atom stereocenters. The molecule has 3 heterocycles. The van der Waals surface area contributed by atoms with E-state index < -0.39 is 35.7 Å². The predicted molar refractivity (Wildman–Crippen MR) is 151 cm³/mol. The lowest BCUT2D eigenvalue weighted by Gasteiger charge is -2.48. The predicted octanol–water partition coefficient (Wildman–Crippen LogP) is 3.04. The van der Waals surface area contributed by atoms with E-state index in [4.69, 9.17) is 9.47 Å². The average molecular weight is 595 g/mol. The number of amides is 4. The number of esters is 1. The van der Waals surface area contributed by atoms with Crippen molar-refractivity contribution in [2.75, 3.05) is 51.9 Å². The normalized spacial score (nSPS) is 19.9. The second-order valence-corrected chi connectivity index (χ2v) is 10.6. The summed E-state index contributed by atoms with van der Waals surface area (Å²) in [4.78, 5) is 44.9. The van der Waals surface area contributed by atoms with Gasteiger partial charge in [-0.3, -0.25) is 4.90 Å². The van der Waals surface area contributed by atoms with Crippen LogP contribution in [0.3, 0.4) is 0 Å². The molecule has 0 spiro atoms. The van der Waals surface area contributed by atoms with Crippen LogP contribution >= 0.6 is 0 Å². The molecular weight excluding hydrogens is 562 g/mol. The molecule has 2 aromatic carbocycles. The molecule has 1 atom stereocenters. The van der Waals surface area contributed by atoms with Crippen LogP contribution in [0, 0.1) is 23.0 Å². The Morgan fingerprint density at radius 3 is 2.47 bits per heavy atom. The van der Waals surface area contributed by atoms with E-state index in [2.05, 4.69) is 26.5 Å². The zero-order chi connectivity index (χ0) is 30.7. The van der Waals surface area contributed by atoms with Gasteiger partial charge in [-0.25, -0.2) is 28.1 Å². The zero-order valence-electron chi connectivity index (χ0n) is 23.8. The highest BCUT2D eigenvalue weighted by Gasteiger charge is 2.45. The summed E-state index contributed by atoms with van der Waals surface area (Å²) >= 11 is 0. The smallest absolute Gasteiger partial charge is 0.338 e. The number of hydrogen-bond acceptors (Lipinski definition) is 8. The van der Waals surface area contributed by atoms with Crippen molar-refractivity contribution in [3.8, 4) is 6.07 Å². The number of benzene rings is 2. The average Bonchev–Trinajstić information content (AvgIpc) is 2.99. The SMILES string of the molecule is COCC1=C(C(=O)OC)[C@H](c2ccc(F)c(F)c2)N(C(=O)NC2CN(C3CCN(c4ccccc4C#N)CC3)C2)C(=O)N1. The van der Waals surface area contributed by atoms with Crippen molar-refractivity contribution in [2.24, 2.45) is 0 Å². The molecule has 0 aliphatic carbocycles. The van der Waals surface area contributed by atoms with Gasteiger partial charge in [0.25, 0.3) is 0 Å². The van der Waals surface area contributed by atoms with Crippen LogP contribution in [0.5, 0.6) is 0 Å². The molecule has 0 aromatic heterocycles. The fraction of sp³-hybridized carbons (Fsp3) is 0.400. The molecule has 0 bridgehead atoms. The number of carbonyl (C=O) groups is 3. The van der Waals surface area contributed by atoms with Crippen molar-refractivity contribution in [2.45, 2.75) is 31.0 Å². The van der Waals surface area contributed by atoms with Gasteiger partial charge in [0.1, 0.15) is 12.1 Å². The number of nitrogens with zero attached hydrogens (tertiary/aromatic N) is 4. The second kappa shape index (κ2) is 12.8. The molecule has 43 heavy (non-hydrogen) atoms. The first-order valence-electron chi connectivity index (χ1n) is 13.9.